The van der Waals surface area contributed by atoms with Crippen LogP contribution in [-0.2, 0) is 14.6 Å². The van der Waals surface area contributed by atoms with Crippen LogP contribution in [0.1, 0.15) is 41.7 Å². The smallest absolute Gasteiger partial charge is 0.354 e. The molecule has 2 aromatic carbocycles. The van der Waals surface area contributed by atoms with E-state index in [1.54, 1.807) is 30.3 Å². The van der Waals surface area contributed by atoms with Crippen molar-refractivity contribution >= 4 is 21.7 Å². The lowest BCUT2D eigenvalue weighted by atomic mass is 10.1. The number of nitrogens with one attached hydrogen (secondary N) is 2. The summed E-state index contributed by atoms with van der Waals surface area (Å²) in [6.45, 7) is 2.29. The van der Waals surface area contributed by atoms with Gasteiger partial charge in [-0.1, -0.05) is 43.7 Å². The molecular weight excluding hydrogens is 421 g/mol. The first-order valence-corrected chi connectivity index (χ1v) is 10.6. The first-order chi connectivity index (χ1) is 14.1. The number of hydrogen-bond acceptors (Lipinski definition) is 4. The summed E-state index contributed by atoms with van der Waals surface area (Å²) in [4.78, 5) is 24.1. The Labute approximate surface area is 172 Å². The van der Waals surface area contributed by atoms with Crippen LogP contribution in [-0.4, -0.2) is 32.3 Å². The van der Waals surface area contributed by atoms with E-state index in [-0.39, 0.29) is 5.56 Å². The van der Waals surface area contributed by atoms with Gasteiger partial charge in [0.1, 0.15) is 6.04 Å². The van der Waals surface area contributed by atoms with Crippen LogP contribution in [0.3, 0.4) is 0 Å². The third kappa shape index (κ3) is 5.59. The molecule has 0 fully saturated rings. The summed E-state index contributed by atoms with van der Waals surface area (Å²) in [7, 11) is -5.51. The molecule has 2 aromatic rings. The van der Waals surface area contributed by atoms with Crippen LogP contribution < -0.4 is 10.6 Å². The highest BCUT2D eigenvalue weighted by Gasteiger charge is 2.46. The quantitative estimate of drug-likeness (QED) is 0.613. The predicted molar refractivity (Wildman–Crippen MR) is 104 cm³/mol. The minimum atomic E-state index is -5.51. The van der Waals surface area contributed by atoms with Gasteiger partial charge in [0.25, 0.3) is 15.7 Å². The summed E-state index contributed by atoms with van der Waals surface area (Å²) < 4.78 is 61.3. The number of amides is 2. The maximum atomic E-state index is 12.7. The molecule has 2 N–H and O–H groups in total. The van der Waals surface area contributed by atoms with E-state index < -0.39 is 38.1 Å². The summed E-state index contributed by atoms with van der Waals surface area (Å²) in [5.74, 6) is -1.11. The minimum absolute atomic E-state index is 0.148. The zero-order chi connectivity index (χ0) is 22.4. The number of carbonyl (C=O) groups is 2. The molecule has 0 bridgehead atoms. The van der Waals surface area contributed by atoms with E-state index in [4.69, 9.17) is 0 Å². The van der Waals surface area contributed by atoms with Crippen LogP contribution in [0, 0.1) is 0 Å². The first-order valence-electron chi connectivity index (χ1n) is 9.13. The third-order valence-corrected chi connectivity index (χ3v) is 5.73. The molecule has 0 aliphatic rings. The molecule has 0 aromatic heterocycles. The van der Waals surface area contributed by atoms with Gasteiger partial charge in [-0.3, -0.25) is 9.59 Å². The highest BCUT2D eigenvalue weighted by molar-refractivity contribution is 7.92. The molecule has 1 unspecified atom stereocenters. The molecule has 0 aliphatic carbocycles. The Morgan fingerprint density at radius 1 is 1.00 bits per heavy atom. The van der Waals surface area contributed by atoms with Gasteiger partial charge >= 0.3 is 5.51 Å². The van der Waals surface area contributed by atoms with Gasteiger partial charge in [-0.2, -0.15) is 13.2 Å². The average molecular weight is 442 g/mol. The molecule has 6 nitrogen and oxygen atoms in total. The molecule has 1 atom stereocenters. The van der Waals surface area contributed by atoms with Gasteiger partial charge in [0.05, 0.1) is 4.90 Å². The summed E-state index contributed by atoms with van der Waals surface area (Å²) in [6.07, 6.45) is 1.53. The Bertz CT molecular complexity index is 975. The van der Waals surface area contributed by atoms with Crippen molar-refractivity contribution in [2.75, 3.05) is 6.54 Å². The van der Waals surface area contributed by atoms with E-state index in [9.17, 15) is 31.2 Å². The Morgan fingerprint density at radius 2 is 1.60 bits per heavy atom. The second-order valence-electron chi connectivity index (χ2n) is 6.44. The Hall–Kier alpha value is -2.88. The lowest BCUT2D eigenvalue weighted by molar-refractivity contribution is -0.123. The standard InChI is InChI=1S/C20H21F3N2O4S/c1-2-3-13-24-19(27)17(25-18(26)15-7-5-4-6-8-15)14-9-11-16(12-10-14)30(28,29)20(21,22)23/h4-12,17H,2-3,13H2,1H3,(H,24,27)(H,25,26). The molecule has 10 heteroatoms. The van der Waals surface area contributed by atoms with Crippen LogP contribution in [0.4, 0.5) is 13.2 Å². The van der Waals surface area contributed by atoms with Crippen molar-refractivity contribution in [2.24, 2.45) is 0 Å². The Balaban J connectivity index is 2.32. The van der Waals surface area contributed by atoms with Gasteiger partial charge in [-0.15, -0.1) is 0 Å². The van der Waals surface area contributed by atoms with Crippen molar-refractivity contribution in [3.63, 3.8) is 0 Å². The zero-order valence-electron chi connectivity index (χ0n) is 16.1. The van der Waals surface area contributed by atoms with E-state index >= 15 is 0 Å². The number of sulfone groups is 1. The zero-order valence-corrected chi connectivity index (χ0v) is 16.9. The second kappa shape index (κ2) is 9.75. The number of halogens is 3. The molecule has 2 amide bonds. The number of rotatable bonds is 8. The van der Waals surface area contributed by atoms with Crippen LogP contribution in [0.25, 0.3) is 0 Å². The summed E-state index contributed by atoms with van der Waals surface area (Å²) >= 11 is 0. The fourth-order valence-electron chi connectivity index (χ4n) is 2.57. The summed E-state index contributed by atoms with van der Waals surface area (Å²) in [5, 5.41) is 5.20. The van der Waals surface area contributed by atoms with Crippen molar-refractivity contribution in [2.45, 2.75) is 36.2 Å². The molecule has 0 heterocycles. The van der Waals surface area contributed by atoms with E-state index in [0.29, 0.717) is 18.5 Å². The minimum Gasteiger partial charge on any atom is -0.354 e. The molecule has 0 spiro atoms. The molecule has 0 aliphatic heterocycles. The number of benzene rings is 2. The van der Waals surface area contributed by atoms with Crippen molar-refractivity contribution < 1.29 is 31.2 Å². The maximum absolute atomic E-state index is 12.7. The fourth-order valence-corrected chi connectivity index (χ4v) is 3.33. The van der Waals surface area contributed by atoms with E-state index in [0.717, 1.165) is 30.7 Å². The van der Waals surface area contributed by atoms with Crippen LogP contribution in [0.2, 0.25) is 0 Å². The van der Waals surface area contributed by atoms with Gasteiger partial charge in [0.2, 0.25) is 5.91 Å². The third-order valence-electron chi connectivity index (χ3n) is 4.23. The first kappa shape index (κ1) is 23.4. The molecule has 0 saturated heterocycles. The number of unbranched alkanes of at least 4 members (excludes halogenated alkanes) is 1. The topological polar surface area (TPSA) is 92.3 Å². The lowest BCUT2D eigenvalue weighted by Crippen LogP contribution is -2.40. The van der Waals surface area contributed by atoms with Crippen molar-refractivity contribution in [1.82, 2.24) is 10.6 Å². The van der Waals surface area contributed by atoms with Gasteiger partial charge in [0.15, 0.2) is 0 Å². The van der Waals surface area contributed by atoms with Gasteiger partial charge in [-0.05, 0) is 36.2 Å². The molecule has 30 heavy (non-hydrogen) atoms. The van der Waals surface area contributed by atoms with Crippen LogP contribution in [0.15, 0.2) is 59.5 Å². The number of alkyl halides is 3. The van der Waals surface area contributed by atoms with Crippen LogP contribution >= 0.6 is 0 Å². The average Bonchev–Trinajstić information content (AvgIpc) is 2.72. The highest BCUT2D eigenvalue weighted by atomic mass is 32.2. The number of carbonyl (C=O) groups excluding carboxylic acids is 2. The summed E-state index contributed by atoms with van der Waals surface area (Å²) in [6, 6.07) is 10.5. The largest absolute Gasteiger partial charge is 0.501 e. The molecule has 162 valence electrons. The monoisotopic (exact) mass is 442 g/mol. The Morgan fingerprint density at radius 3 is 2.13 bits per heavy atom. The predicted octanol–water partition coefficient (Wildman–Crippen LogP) is 3.37. The maximum Gasteiger partial charge on any atom is 0.501 e. The Kier molecular flexibility index (Phi) is 7.60. The SMILES string of the molecule is CCCCNC(=O)C(NC(=O)c1ccccc1)c1ccc(S(=O)(=O)C(F)(F)F)cc1. The van der Waals surface area contributed by atoms with Crippen molar-refractivity contribution in [3.05, 3.63) is 65.7 Å². The molecule has 2 rings (SSSR count). The van der Waals surface area contributed by atoms with Gasteiger partial charge in [-0.25, -0.2) is 8.42 Å². The van der Waals surface area contributed by atoms with Gasteiger partial charge in [0, 0.05) is 12.1 Å². The molecular formula is C20H21F3N2O4S. The van der Waals surface area contributed by atoms with Crippen LogP contribution in [0.5, 0.6) is 0 Å². The number of hydrogen-bond donors (Lipinski definition) is 2. The van der Waals surface area contributed by atoms with E-state index in [1.165, 1.54) is 0 Å². The summed E-state index contributed by atoms with van der Waals surface area (Å²) in [5.41, 5.74) is -5.00. The second-order valence-corrected chi connectivity index (χ2v) is 8.38. The molecule has 0 saturated carbocycles. The lowest BCUT2D eigenvalue weighted by Gasteiger charge is -2.19. The van der Waals surface area contributed by atoms with Gasteiger partial charge < -0.3 is 10.6 Å². The van der Waals surface area contributed by atoms with E-state index in [2.05, 4.69) is 10.6 Å². The molecule has 0 radical (unpaired) electrons. The van der Waals surface area contributed by atoms with Crippen molar-refractivity contribution in [3.8, 4) is 0 Å². The van der Waals surface area contributed by atoms with Crippen molar-refractivity contribution in [1.29, 1.82) is 0 Å². The van der Waals surface area contributed by atoms with E-state index in [1.807, 2.05) is 6.92 Å². The highest BCUT2D eigenvalue weighted by Crippen LogP contribution is 2.30. The normalized spacial score (nSPS) is 12.8. The fraction of sp³-hybridized carbons (Fsp3) is 0.300.